The molecular weight excluding hydrogens is 212 g/mol. The molecule has 0 radical (unpaired) electrons. The lowest BCUT2D eigenvalue weighted by Crippen LogP contribution is -2.35. The van der Waals surface area contributed by atoms with Crippen molar-refractivity contribution >= 4 is 5.91 Å². The zero-order valence-corrected chi connectivity index (χ0v) is 10.1. The van der Waals surface area contributed by atoms with Crippen molar-refractivity contribution in [2.24, 2.45) is 0 Å². The Bertz CT molecular complexity index is 474. The van der Waals surface area contributed by atoms with Gasteiger partial charge in [-0.3, -0.25) is 4.79 Å². The fraction of sp³-hybridized carbons (Fsp3) is 0.214. The summed E-state index contributed by atoms with van der Waals surface area (Å²) in [6, 6.07) is 9.23. The Kier molecular flexibility index (Phi) is 3.28. The summed E-state index contributed by atoms with van der Waals surface area (Å²) in [4.78, 5) is 14.0. The normalized spacial score (nSPS) is 15.1. The predicted molar refractivity (Wildman–Crippen MR) is 68.4 cm³/mol. The number of rotatable bonds is 2. The van der Waals surface area contributed by atoms with Crippen LogP contribution in [0.3, 0.4) is 0 Å². The van der Waals surface area contributed by atoms with E-state index in [1.807, 2.05) is 42.3 Å². The Balaban J connectivity index is 2.10. The van der Waals surface area contributed by atoms with E-state index < -0.39 is 0 Å². The first-order valence-electron chi connectivity index (χ1n) is 5.62. The molecule has 0 spiro atoms. The van der Waals surface area contributed by atoms with Crippen LogP contribution in [0.2, 0.25) is 0 Å². The number of benzene rings is 1. The highest BCUT2D eigenvalue weighted by atomic mass is 16.1. The summed E-state index contributed by atoms with van der Waals surface area (Å²) < 4.78 is 0. The minimum absolute atomic E-state index is 0.0725. The standard InChI is InChI=1S/C14H16N2O/c1-11-8-9-13(16(2)10-11)15-14(17)12-6-4-3-5-7-12/h3-9H,10H2,1-2H3,(H,15,17). The van der Waals surface area contributed by atoms with Crippen molar-refractivity contribution in [3.05, 3.63) is 59.4 Å². The molecule has 0 atom stereocenters. The number of amides is 1. The van der Waals surface area contributed by atoms with Crippen LogP contribution in [-0.2, 0) is 0 Å². The zero-order chi connectivity index (χ0) is 12.3. The zero-order valence-electron chi connectivity index (χ0n) is 10.1. The first-order valence-corrected chi connectivity index (χ1v) is 5.62. The Morgan fingerprint density at radius 3 is 2.59 bits per heavy atom. The van der Waals surface area contributed by atoms with Gasteiger partial charge < -0.3 is 10.2 Å². The lowest BCUT2D eigenvalue weighted by Gasteiger charge is -2.26. The molecule has 17 heavy (non-hydrogen) atoms. The molecule has 1 amide bonds. The Labute approximate surface area is 101 Å². The number of carbonyl (C=O) groups excluding carboxylic acids is 1. The van der Waals surface area contributed by atoms with Crippen molar-refractivity contribution in [3.63, 3.8) is 0 Å². The quantitative estimate of drug-likeness (QED) is 0.841. The molecule has 0 unspecified atom stereocenters. The number of allylic oxidation sites excluding steroid dienone is 2. The highest BCUT2D eigenvalue weighted by Gasteiger charge is 2.12. The van der Waals surface area contributed by atoms with Gasteiger partial charge in [0.15, 0.2) is 0 Å². The number of hydrogen-bond acceptors (Lipinski definition) is 2. The molecule has 2 rings (SSSR count). The SMILES string of the molecule is CC1=CC=C(NC(=O)c2ccccc2)N(C)C1. The molecule has 1 aliphatic heterocycles. The van der Waals surface area contributed by atoms with Gasteiger partial charge in [-0.05, 0) is 25.1 Å². The van der Waals surface area contributed by atoms with Gasteiger partial charge in [0.25, 0.3) is 5.91 Å². The van der Waals surface area contributed by atoms with Crippen molar-refractivity contribution < 1.29 is 4.79 Å². The Hall–Kier alpha value is -2.03. The molecule has 88 valence electrons. The van der Waals surface area contributed by atoms with E-state index in [0.29, 0.717) is 5.56 Å². The second-order valence-corrected chi connectivity index (χ2v) is 4.24. The average molecular weight is 228 g/mol. The molecule has 0 aliphatic carbocycles. The molecule has 1 aliphatic rings. The smallest absolute Gasteiger partial charge is 0.256 e. The van der Waals surface area contributed by atoms with Crippen LogP contribution >= 0.6 is 0 Å². The fourth-order valence-corrected chi connectivity index (χ4v) is 1.78. The van der Waals surface area contributed by atoms with Gasteiger partial charge in [-0.2, -0.15) is 0 Å². The van der Waals surface area contributed by atoms with E-state index >= 15 is 0 Å². The van der Waals surface area contributed by atoms with Crippen molar-refractivity contribution in [2.45, 2.75) is 6.92 Å². The van der Waals surface area contributed by atoms with E-state index in [-0.39, 0.29) is 5.91 Å². The second kappa shape index (κ2) is 4.87. The van der Waals surface area contributed by atoms with Crippen LogP contribution in [0.25, 0.3) is 0 Å². The molecule has 3 heteroatoms. The van der Waals surface area contributed by atoms with Gasteiger partial charge in [0.1, 0.15) is 5.82 Å². The van der Waals surface area contributed by atoms with Crippen LogP contribution in [0.4, 0.5) is 0 Å². The number of nitrogens with one attached hydrogen (secondary N) is 1. The number of carbonyl (C=O) groups is 1. The molecule has 0 bridgehead atoms. The minimum Gasteiger partial charge on any atom is -0.357 e. The van der Waals surface area contributed by atoms with Gasteiger partial charge in [0.2, 0.25) is 0 Å². The fourth-order valence-electron chi connectivity index (χ4n) is 1.78. The van der Waals surface area contributed by atoms with E-state index in [2.05, 4.69) is 12.2 Å². The first kappa shape index (κ1) is 11.5. The Morgan fingerprint density at radius 1 is 1.24 bits per heavy atom. The summed E-state index contributed by atoms with van der Waals surface area (Å²) >= 11 is 0. The maximum Gasteiger partial charge on any atom is 0.256 e. The topological polar surface area (TPSA) is 32.3 Å². The lowest BCUT2D eigenvalue weighted by molar-refractivity contribution is 0.0954. The van der Waals surface area contributed by atoms with Crippen molar-refractivity contribution in [3.8, 4) is 0 Å². The van der Waals surface area contributed by atoms with Crippen LogP contribution in [0.1, 0.15) is 17.3 Å². The van der Waals surface area contributed by atoms with Crippen molar-refractivity contribution in [1.29, 1.82) is 0 Å². The van der Waals surface area contributed by atoms with Gasteiger partial charge in [-0.1, -0.05) is 29.8 Å². The van der Waals surface area contributed by atoms with E-state index in [9.17, 15) is 4.79 Å². The van der Waals surface area contributed by atoms with Crippen molar-refractivity contribution in [1.82, 2.24) is 10.2 Å². The van der Waals surface area contributed by atoms with Crippen LogP contribution in [0.5, 0.6) is 0 Å². The molecule has 0 aromatic heterocycles. The molecular formula is C14H16N2O. The minimum atomic E-state index is -0.0725. The van der Waals surface area contributed by atoms with E-state index in [1.165, 1.54) is 5.57 Å². The second-order valence-electron chi connectivity index (χ2n) is 4.24. The Morgan fingerprint density at radius 2 is 1.94 bits per heavy atom. The van der Waals surface area contributed by atoms with Gasteiger partial charge in [-0.15, -0.1) is 0 Å². The van der Waals surface area contributed by atoms with Gasteiger partial charge in [-0.25, -0.2) is 0 Å². The molecule has 1 N–H and O–H groups in total. The summed E-state index contributed by atoms with van der Waals surface area (Å²) in [6.07, 6.45) is 3.96. The van der Waals surface area contributed by atoms with E-state index in [0.717, 1.165) is 12.4 Å². The largest absolute Gasteiger partial charge is 0.357 e. The summed E-state index contributed by atoms with van der Waals surface area (Å²) in [7, 11) is 1.97. The summed E-state index contributed by atoms with van der Waals surface area (Å²) in [5, 5.41) is 2.91. The molecule has 1 heterocycles. The molecule has 0 saturated heterocycles. The highest BCUT2D eigenvalue weighted by molar-refractivity contribution is 5.95. The van der Waals surface area contributed by atoms with Gasteiger partial charge in [0.05, 0.1) is 0 Å². The van der Waals surface area contributed by atoms with Crippen molar-refractivity contribution in [2.75, 3.05) is 13.6 Å². The van der Waals surface area contributed by atoms with Crippen LogP contribution in [-0.4, -0.2) is 24.4 Å². The van der Waals surface area contributed by atoms with Gasteiger partial charge >= 0.3 is 0 Å². The molecule has 0 fully saturated rings. The monoisotopic (exact) mass is 228 g/mol. The third kappa shape index (κ3) is 2.75. The summed E-state index contributed by atoms with van der Waals surface area (Å²) in [5.41, 5.74) is 1.96. The summed E-state index contributed by atoms with van der Waals surface area (Å²) in [6.45, 7) is 2.92. The maximum atomic E-state index is 11.9. The average Bonchev–Trinajstić information content (AvgIpc) is 2.34. The predicted octanol–water partition coefficient (Wildman–Crippen LogP) is 2.15. The molecule has 1 aromatic carbocycles. The van der Waals surface area contributed by atoms with Crippen LogP contribution in [0.15, 0.2) is 53.9 Å². The lowest BCUT2D eigenvalue weighted by atomic mass is 10.2. The van der Waals surface area contributed by atoms with Crippen LogP contribution in [0, 0.1) is 0 Å². The number of nitrogens with zero attached hydrogens (tertiary/aromatic N) is 1. The number of likely N-dealkylation sites (N-methyl/N-ethyl adjacent to an activating group) is 1. The van der Waals surface area contributed by atoms with E-state index in [4.69, 9.17) is 0 Å². The van der Waals surface area contributed by atoms with E-state index in [1.54, 1.807) is 12.1 Å². The highest BCUT2D eigenvalue weighted by Crippen LogP contribution is 2.10. The van der Waals surface area contributed by atoms with Gasteiger partial charge in [0, 0.05) is 19.2 Å². The first-order chi connectivity index (χ1) is 8.16. The molecule has 3 nitrogen and oxygen atoms in total. The maximum absolute atomic E-state index is 11.9. The molecule has 1 aromatic rings. The third-order valence-corrected chi connectivity index (χ3v) is 2.70. The third-order valence-electron chi connectivity index (χ3n) is 2.70. The molecule has 0 saturated carbocycles. The summed E-state index contributed by atoms with van der Waals surface area (Å²) in [5.74, 6) is 0.765. The number of hydrogen-bond donors (Lipinski definition) is 1. The van der Waals surface area contributed by atoms with Crippen LogP contribution < -0.4 is 5.32 Å².